The minimum atomic E-state index is -0.816. The molecule has 4 rings (SSSR count). The number of ketones is 1. The Morgan fingerprint density at radius 1 is 1.15 bits per heavy atom. The number of carbonyl (C=O) groups excluding carboxylic acids is 1. The molecule has 0 unspecified atom stereocenters. The SMILES string of the molecule is C[C@H](N)CCCc1cc(Cl)c(F)c(-c2cc3cn(-c4ccc([C@H](N)C(=O)CCCN=C(N)N)cc4)c(=O)nc3[nH]2)c1. The van der Waals surface area contributed by atoms with Crippen LogP contribution in [0.4, 0.5) is 4.39 Å². The van der Waals surface area contributed by atoms with Gasteiger partial charge < -0.3 is 27.9 Å². The Morgan fingerprint density at radius 2 is 1.88 bits per heavy atom. The molecular formula is C29H34ClFN8O2. The summed E-state index contributed by atoms with van der Waals surface area (Å²) in [6, 6.07) is 11.1. The molecule has 12 heteroatoms. The van der Waals surface area contributed by atoms with Gasteiger partial charge in [0, 0.05) is 36.2 Å². The Bertz CT molecular complexity index is 1620. The molecule has 0 spiro atoms. The second-order valence-electron chi connectivity index (χ2n) is 10.1. The van der Waals surface area contributed by atoms with Crippen molar-refractivity contribution in [2.45, 2.75) is 51.1 Å². The first-order valence-corrected chi connectivity index (χ1v) is 13.7. The van der Waals surface area contributed by atoms with Crippen molar-refractivity contribution in [1.82, 2.24) is 14.5 Å². The van der Waals surface area contributed by atoms with Gasteiger partial charge in [-0.1, -0.05) is 23.7 Å². The monoisotopic (exact) mass is 580 g/mol. The Labute approximate surface area is 241 Å². The maximum atomic E-state index is 15.0. The summed E-state index contributed by atoms with van der Waals surface area (Å²) in [6.07, 6.45) is 4.75. The molecule has 0 bridgehead atoms. The van der Waals surface area contributed by atoms with Gasteiger partial charge in [-0.15, -0.1) is 0 Å². The Balaban J connectivity index is 1.55. The van der Waals surface area contributed by atoms with E-state index in [4.69, 9.17) is 34.5 Å². The van der Waals surface area contributed by atoms with E-state index in [-0.39, 0.29) is 29.2 Å². The summed E-state index contributed by atoms with van der Waals surface area (Å²) in [5.41, 5.74) is 25.2. The number of halogens is 2. The molecule has 0 amide bonds. The predicted octanol–water partition coefficient (Wildman–Crippen LogP) is 3.47. The van der Waals surface area contributed by atoms with Gasteiger partial charge in [-0.05, 0) is 74.1 Å². The van der Waals surface area contributed by atoms with E-state index in [1.54, 1.807) is 48.7 Å². The van der Waals surface area contributed by atoms with E-state index < -0.39 is 17.5 Å². The third-order valence-electron chi connectivity index (χ3n) is 6.76. The number of aromatic amines is 1. The molecule has 4 aromatic rings. The van der Waals surface area contributed by atoms with Crippen LogP contribution in [0.15, 0.2) is 58.4 Å². The molecule has 0 aliphatic rings. The fourth-order valence-electron chi connectivity index (χ4n) is 4.58. The maximum Gasteiger partial charge on any atom is 0.354 e. The highest BCUT2D eigenvalue weighted by Crippen LogP contribution is 2.31. The Kier molecular flexibility index (Phi) is 9.53. The summed E-state index contributed by atoms with van der Waals surface area (Å²) in [6.45, 7) is 2.29. The first-order chi connectivity index (χ1) is 19.5. The van der Waals surface area contributed by atoms with Gasteiger partial charge in [0.05, 0.1) is 22.4 Å². The lowest BCUT2D eigenvalue weighted by Gasteiger charge is -2.12. The largest absolute Gasteiger partial charge is 0.370 e. The highest BCUT2D eigenvalue weighted by molar-refractivity contribution is 6.31. The first kappa shape index (κ1) is 29.9. The van der Waals surface area contributed by atoms with E-state index in [9.17, 15) is 9.59 Å². The number of aryl methyl sites for hydroxylation is 1. The number of benzene rings is 2. The fraction of sp³-hybridized carbons (Fsp3) is 0.310. The normalized spacial score (nSPS) is 12.8. The number of rotatable bonds is 12. The third-order valence-corrected chi connectivity index (χ3v) is 7.04. The van der Waals surface area contributed by atoms with E-state index in [1.807, 2.05) is 6.92 Å². The van der Waals surface area contributed by atoms with Crippen LogP contribution < -0.4 is 28.6 Å². The van der Waals surface area contributed by atoms with Crippen molar-refractivity contribution in [3.8, 4) is 16.9 Å². The van der Waals surface area contributed by atoms with Crippen LogP contribution in [0.5, 0.6) is 0 Å². The molecule has 0 saturated heterocycles. The number of guanidine groups is 1. The van der Waals surface area contributed by atoms with Crippen molar-refractivity contribution in [3.05, 3.63) is 81.1 Å². The number of aromatic nitrogens is 3. The number of aliphatic imine (C=N–C) groups is 1. The molecule has 2 atom stereocenters. The lowest BCUT2D eigenvalue weighted by molar-refractivity contribution is -0.120. The lowest BCUT2D eigenvalue weighted by atomic mass is 10.0. The molecule has 41 heavy (non-hydrogen) atoms. The molecule has 10 nitrogen and oxygen atoms in total. The van der Waals surface area contributed by atoms with Crippen molar-refractivity contribution in [2.24, 2.45) is 27.9 Å². The summed E-state index contributed by atoms with van der Waals surface area (Å²) < 4.78 is 16.4. The number of fused-ring (bicyclic) bond motifs is 1. The number of Topliss-reactive ketones (excluding diaryl/α,β-unsaturated/α-hetero) is 1. The molecule has 2 heterocycles. The van der Waals surface area contributed by atoms with Crippen molar-refractivity contribution >= 4 is 34.4 Å². The minimum Gasteiger partial charge on any atom is -0.370 e. The summed E-state index contributed by atoms with van der Waals surface area (Å²) in [4.78, 5) is 36.4. The van der Waals surface area contributed by atoms with Crippen LogP contribution in [0.1, 0.15) is 49.8 Å². The van der Waals surface area contributed by atoms with E-state index >= 15 is 4.39 Å². The van der Waals surface area contributed by atoms with Crippen LogP contribution >= 0.6 is 11.6 Å². The number of nitrogens with two attached hydrogens (primary N) is 4. The van der Waals surface area contributed by atoms with Crippen molar-refractivity contribution in [1.29, 1.82) is 0 Å². The zero-order valence-corrected chi connectivity index (χ0v) is 23.5. The average molecular weight is 581 g/mol. The van der Waals surface area contributed by atoms with Crippen molar-refractivity contribution < 1.29 is 9.18 Å². The molecule has 2 aromatic heterocycles. The number of hydrogen-bond acceptors (Lipinski definition) is 6. The van der Waals surface area contributed by atoms with Gasteiger partial charge in [-0.2, -0.15) is 4.98 Å². The second kappa shape index (κ2) is 13.1. The van der Waals surface area contributed by atoms with E-state index in [0.717, 1.165) is 18.4 Å². The number of nitrogens with one attached hydrogen (secondary N) is 1. The molecular weight excluding hydrogens is 547 g/mol. The molecule has 0 aliphatic heterocycles. The van der Waals surface area contributed by atoms with Gasteiger partial charge in [0.15, 0.2) is 17.6 Å². The quantitative estimate of drug-likeness (QED) is 0.0964. The first-order valence-electron chi connectivity index (χ1n) is 13.3. The second-order valence-corrected chi connectivity index (χ2v) is 10.5. The van der Waals surface area contributed by atoms with Crippen LogP contribution in [0.2, 0.25) is 5.02 Å². The number of hydrogen-bond donors (Lipinski definition) is 5. The average Bonchev–Trinajstić information content (AvgIpc) is 3.34. The smallest absolute Gasteiger partial charge is 0.354 e. The summed E-state index contributed by atoms with van der Waals surface area (Å²) in [5.74, 6) is -0.721. The molecule has 0 saturated carbocycles. The molecule has 216 valence electrons. The van der Waals surface area contributed by atoms with Crippen molar-refractivity contribution in [2.75, 3.05) is 6.54 Å². The van der Waals surface area contributed by atoms with E-state index in [2.05, 4.69) is 15.0 Å². The van der Waals surface area contributed by atoms with Gasteiger partial charge in [-0.25, -0.2) is 9.18 Å². The zero-order chi connectivity index (χ0) is 29.7. The molecule has 0 fully saturated rings. The lowest BCUT2D eigenvalue weighted by Crippen LogP contribution is -2.24. The van der Waals surface area contributed by atoms with Gasteiger partial charge in [-0.3, -0.25) is 14.4 Å². The number of nitrogens with zero attached hydrogens (tertiary/aromatic N) is 3. The van der Waals surface area contributed by atoms with E-state index in [0.29, 0.717) is 52.9 Å². The molecule has 9 N–H and O–H groups in total. The Morgan fingerprint density at radius 3 is 2.56 bits per heavy atom. The number of carbonyl (C=O) groups is 1. The highest BCUT2D eigenvalue weighted by atomic mass is 35.5. The van der Waals surface area contributed by atoms with E-state index in [1.165, 1.54) is 4.57 Å². The van der Waals surface area contributed by atoms with Crippen LogP contribution in [0.25, 0.3) is 28.0 Å². The Hall–Kier alpha value is -4.06. The third kappa shape index (κ3) is 7.37. The molecule has 0 aliphatic carbocycles. The summed E-state index contributed by atoms with van der Waals surface area (Å²) in [7, 11) is 0. The van der Waals surface area contributed by atoms with Gasteiger partial charge in [0.2, 0.25) is 0 Å². The standard InChI is InChI=1S/C29H34ClFN8O2/c1-16(32)4-2-5-17-12-21(25(31)22(30)13-17)23-14-19-15-39(29(41)38-27(19)37-23)20-9-7-18(8-10-20)26(33)24(40)6-3-11-36-28(34)35/h7-10,12-16,26H,2-6,11,32-33H2,1H3,(H4,34,35,36)(H,37,38,41)/t16-,26-/m0/s1. The fourth-order valence-corrected chi connectivity index (χ4v) is 4.83. The maximum absolute atomic E-state index is 15.0. The van der Waals surface area contributed by atoms with Gasteiger partial charge in [0.1, 0.15) is 5.65 Å². The number of H-pyrrole nitrogens is 1. The topological polar surface area (TPSA) is 184 Å². The zero-order valence-electron chi connectivity index (χ0n) is 22.7. The highest BCUT2D eigenvalue weighted by Gasteiger charge is 2.17. The summed E-state index contributed by atoms with van der Waals surface area (Å²) in [5, 5.41) is 0.629. The molecule has 0 radical (unpaired) electrons. The van der Waals surface area contributed by atoms with Gasteiger partial charge >= 0.3 is 5.69 Å². The predicted molar refractivity (Wildman–Crippen MR) is 161 cm³/mol. The van der Waals surface area contributed by atoms with Crippen LogP contribution in [0, 0.1) is 5.82 Å². The van der Waals surface area contributed by atoms with Gasteiger partial charge in [0.25, 0.3) is 0 Å². The van der Waals surface area contributed by atoms with Crippen LogP contribution in [-0.4, -0.2) is 38.9 Å². The minimum absolute atomic E-state index is 0.0225. The summed E-state index contributed by atoms with van der Waals surface area (Å²) >= 11 is 6.21. The molecule has 2 aromatic carbocycles. The van der Waals surface area contributed by atoms with Crippen LogP contribution in [0.3, 0.4) is 0 Å². The van der Waals surface area contributed by atoms with Crippen LogP contribution in [-0.2, 0) is 11.2 Å². The van der Waals surface area contributed by atoms with Crippen molar-refractivity contribution in [3.63, 3.8) is 0 Å².